The van der Waals surface area contributed by atoms with Gasteiger partial charge in [0.05, 0.1) is 28.7 Å². The van der Waals surface area contributed by atoms with Crippen molar-refractivity contribution in [1.82, 2.24) is 19.0 Å². The van der Waals surface area contributed by atoms with Gasteiger partial charge in [-0.25, -0.2) is 13.1 Å². The Balaban J connectivity index is 1.58. The number of sulfonamides is 1. The van der Waals surface area contributed by atoms with Crippen molar-refractivity contribution >= 4 is 56.3 Å². The minimum absolute atomic E-state index is 0.130. The fraction of sp³-hybridized carbons (Fsp3) is 0.200. The number of thiocarbonyl (C=S) groups is 1. The second kappa shape index (κ2) is 10.8. The number of hydrogen-bond acceptors (Lipinski definition) is 8. The van der Waals surface area contributed by atoms with Crippen molar-refractivity contribution in [3.8, 4) is 16.9 Å². The van der Waals surface area contributed by atoms with Crippen LogP contribution in [0.25, 0.3) is 23.0 Å². The number of ether oxygens (including phenoxy) is 1. The first-order chi connectivity index (χ1) is 18.2. The van der Waals surface area contributed by atoms with Gasteiger partial charge in [-0.1, -0.05) is 54.3 Å². The molecule has 5 rings (SSSR count). The molecule has 2 aliphatic rings. The van der Waals surface area contributed by atoms with Crippen LogP contribution in [0.5, 0.6) is 0 Å². The summed E-state index contributed by atoms with van der Waals surface area (Å²) in [7, 11) is -3.74. The number of thioether (sulfide) groups is 1. The number of aromatic nitrogens is 2. The highest BCUT2D eigenvalue weighted by Gasteiger charge is 2.34. The lowest BCUT2D eigenvalue weighted by atomic mass is 10.1. The molecule has 2 saturated heterocycles. The quantitative estimate of drug-likeness (QED) is 0.338. The Kier molecular flexibility index (Phi) is 7.45. The Bertz CT molecular complexity index is 1550. The average Bonchev–Trinajstić information content (AvgIpc) is 3.46. The molecule has 0 radical (unpaired) electrons. The molecular formula is C25H22N4O6S3. The van der Waals surface area contributed by atoms with Crippen LogP contribution in [-0.4, -0.2) is 81.6 Å². The number of hydrogen-bond donors (Lipinski definition) is 1. The van der Waals surface area contributed by atoms with E-state index in [0.717, 1.165) is 22.3 Å². The second-order valence-electron chi connectivity index (χ2n) is 8.42. The van der Waals surface area contributed by atoms with Gasteiger partial charge < -0.3 is 9.84 Å². The Morgan fingerprint density at radius 1 is 1.13 bits per heavy atom. The minimum atomic E-state index is -3.74. The van der Waals surface area contributed by atoms with Crippen LogP contribution in [0.1, 0.15) is 5.56 Å². The molecule has 1 amide bonds. The Labute approximate surface area is 228 Å². The number of nitrogens with zero attached hydrogens (tertiary/aromatic N) is 4. The third kappa shape index (κ3) is 5.28. The fourth-order valence-electron chi connectivity index (χ4n) is 4.08. The molecule has 0 atom stereocenters. The molecule has 0 aliphatic carbocycles. The monoisotopic (exact) mass is 570 g/mol. The molecule has 38 heavy (non-hydrogen) atoms. The van der Waals surface area contributed by atoms with E-state index in [1.165, 1.54) is 4.31 Å². The van der Waals surface area contributed by atoms with Crippen LogP contribution < -0.4 is 0 Å². The third-order valence-electron chi connectivity index (χ3n) is 5.93. The minimum Gasteiger partial charge on any atom is -0.480 e. The molecule has 1 N–H and O–H groups in total. The number of aliphatic carboxylic acids is 1. The van der Waals surface area contributed by atoms with Gasteiger partial charge in [0.15, 0.2) is 0 Å². The summed E-state index contributed by atoms with van der Waals surface area (Å²) in [5, 5.41) is 13.9. The Morgan fingerprint density at radius 3 is 2.58 bits per heavy atom. The maximum Gasteiger partial charge on any atom is 0.323 e. The molecule has 1 aromatic heterocycles. The number of para-hydroxylation sites is 1. The van der Waals surface area contributed by atoms with Gasteiger partial charge in [0.25, 0.3) is 5.91 Å². The number of benzene rings is 2. The van der Waals surface area contributed by atoms with E-state index in [2.05, 4.69) is 0 Å². The number of carboxylic acids is 1. The summed E-state index contributed by atoms with van der Waals surface area (Å²) < 4.78 is 35.0. The van der Waals surface area contributed by atoms with Gasteiger partial charge in [0.2, 0.25) is 10.0 Å². The number of morpholine rings is 1. The van der Waals surface area contributed by atoms with Gasteiger partial charge in [0.1, 0.15) is 16.6 Å². The lowest BCUT2D eigenvalue weighted by Crippen LogP contribution is -2.40. The first-order valence-corrected chi connectivity index (χ1v) is 14.2. The molecule has 196 valence electrons. The summed E-state index contributed by atoms with van der Waals surface area (Å²) in [5.74, 6) is -1.68. The topological polar surface area (TPSA) is 122 Å². The number of carboxylic acid groups (broad SMARTS) is 1. The van der Waals surface area contributed by atoms with E-state index < -0.39 is 28.4 Å². The highest BCUT2D eigenvalue weighted by molar-refractivity contribution is 8.26. The van der Waals surface area contributed by atoms with E-state index >= 15 is 0 Å². The summed E-state index contributed by atoms with van der Waals surface area (Å²) in [6, 6.07) is 15.9. The SMILES string of the molecule is O=C(O)CN1C(=O)/C(=C/c2cn(-c3ccccc3)nc2-c2cccc(S(=O)(=O)N3CCOCC3)c2)SC1=S. The van der Waals surface area contributed by atoms with Crippen LogP contribution >= 0.6 is 24.0 Å². The first kappa shape index (κ1) is 26.3. The molecule has 2 aliphatic heterocycles. The predicted octanol–water partition coefficient (Wildman–Crippen LogP) is 2.85. The van der Waals surface area contributed by atoms with Gasteiger partial charge in [-0.3, -0.25) is 14.5 Å². The molecule has 0 unspecified atom stereocenters. The summed E-state index contributed by atoms with van der Waals surface area (Å²) in [6.45, 7) is 0.700. The molecule has 0 bridgehead atoms. The number of amides is 1. The molecule has 13 heteroatoms. The van der Waals surface area contributed by atoms with Crippen LogP contribution in [0.15, 0.2) is 70.6 Å². The molecule has 3 aromatic rings. The normalized spacial score (nSPS) is 17.9. The Morgan fingerprint density at radius 2 is 1.87 bits per heavy atom. The molecule has 10 nitrogen and oxygen atoms in total. The predicted molar refractivity (Wildman–Crippen MR) is 146 cm³/mol. The maximum absolute atomic E-state index is 13.3. The van der Waals surface area contributed by atoms with Crippen LogP contribution in [0.3, 0.4) is 0 Å². The zero-order valence-corrected chi connectivity index (χ0v) is 22.3. The van der Waals surface area contributed by atoms with Crippen molar-refractivity contribution in [2.75, 3.05) is 32.8 Å². The van der Waals surface area contributed by atoms with Crippen molar-refractivity contribution in [2.45, 2.75) is 4.90 Å². The fourth-order valence-corrected chi connectivity index (χ4v) is 6.78. The van der Waals surface area contributed by atoms with E-state index in [4.69, 9.17) is 27.2 Å². The summed E-state index contributed by atoms with van der Waals surface area (Å²) in [4.78, 5) is 25.5. The lowest BCUT2D eigenvalue weighted by molar-refractivity contribution is -0.140. The van der Waals surface area contributed by atoms with Gasteiger partial charge in [0, 0.05) is 30.4 Å². The van der Waals surface area contributed by atoms with Gasteiger partial charge in [-0.05, 0) is 30.3 Å². The second-order valence-corrected chi connectivity index (χ2v) is 12.0. The highest BCUT2D eigenvalue weighted by atomic mass is 32.2. The van der Waals surface area contributed by atoms with Crippen molar-refractivity contribution in [2.24, 2.45) is 0 Å². The third-order valence-corrected chi connectivity index (χ3v) is 9.20. The van der Waals surface area contributed by atoms with Crippen LogP contribution in [0, 0.1) is 0 Å². The first-order valence-electron chi connectivity index (χ1n) is 11.5. The zero-order valence-electron chi connectivity index (χ0n) is 19.9. The Hall–Kier alpha value is -3.36. The largest absolute Gasteiger partial charge is 0.480 e. The number of carbonyl (C=O) groups excluding carboxylic acids is 1. The smallest absolute Gasteiger partial charge is 0.323 e. The molecule has 3 heterocycles. The maximum atomic E-state index is 13.3. The van der Waals surface area contributed by atoms with E-state index in [9.17, 15) is 18.0 Å². The molecule has 2 fully saturated rings. The zero-order chi connectivity index (χ0) is 26.9. The van der Waals surface area contributed by atoms with E-state index in [0.29, 0.717) is 30.0 Å². The van der Waals surface area contributed by atoms with Crippen LogP contribution in [-0.2, 0) is 24.3 Å². The molecule has 0 saturated carbocycles. The van der Waals surface area contributed by atoms with Crippen molar-refractivity contribution < 1.29 is 27.9 Å². The van der Waals surface area contributed by atoms with Crippen molar-refractivity contribution in [3.63, 3.8) is 0 Å². The molecule has 2 aromatic carbocycles. The average molecular weight is 571 g/mol. The summed E-state index contributed by atoms with van der Waals surface area (Å²) in [6.07, 6.45) is 3.34. The van der Waals surface area contributed by atoms with Gasteiger partial charge in [-0.15, -0.1) is 0 Å². The summed E-state index contributed by atoms with van der Waals surface area (Å²) >= 11 is 6.23. The van der Waals surface area contributed by atoms with Crippen LogP contribution in [0.2, 0.25) is 0 Å². The molecular weight excluding hydrogens is 548 g/mol. The van der Waals surface area contributed by atoms with Gasteiger partial charge >= 0.3 is 5.97 Å². The number of carbonyl (C=O) groups is 2. The van der Waals surface area contributed by atoms with E-state index in [-0.39, 0.29) is 27.2 Å². The summed E-state index contributed by atoms with van der Waals surface area (Å²) in [5.41, 5.74) is 2.31. The molecule has 0 spiro atoms. The lowest BCUT2D eigenvalue weighted by Gasteiger charge is -2.26. The van der Waals surface area contributed by atoms with E-state index in [1.54, 1.807) is 41.2 Å². The van der Waals surface area contributed by atoms with Gasteiger partial charge in [-0.2, -0.15) is 9.40 Å². The standard InChI is InChI=1S/C25H22N4O6S3/c30-22(31)16-28-24(32)21(37-25(28)36)14-18-15-29(19-6-2-1-3-7-19)26-23(18)17-5-4-8-20(13-17)38(33,34)27-9-11-35-12-10-27/h1-8,13-15H,9-12,16H2,(H,30,31)/b21-14-. The highest BCUT2D eigenvalue weighted by Crippen LogP contribution is 2.35. The van der Waals surface area contributed by atoms with Crippen molar-refractivity contribution in [3.05, 3.63) is 71.3 Å². The van der Waals surface area contributed by atoms with Crippen molar-refractivity contribution in [1.29, 1.82) is 0 Å². The van der Waals surface area contributed by atoms with Crippen LogP contribution in [0.4, 0.5) is 0 Å². The van der Waals surface area contributed by atoms with E-state index in [1.807, 2.05) is 30.3 Å². The number of rotatable bonds is 7.